The second-order valence-electron chi connectivity index (χ2n) is 8.23. The number of ether oxygens (including phenoxy) is 2. The van der Waals surface area contributed by atoms with E-state index in [0.717, 1.165) is 22.6 Å². The van der Waals surface area contributed by atoms with Gasteiger partial charge >= 0.3 is 5.97 Å². The van der Waals surface area contributed by atoms with Crippen LogP contribution in [0.4, 0.5) is 0 Å². The van der Waals surface area contributed by atoms with E-state index in [1.807, 2.05) is 48.5 Å². The number of carboxylic acid groups (broad SMARTS) is 1. The van der Waals surface area contributed by atoms with Crippen LogP contribution in [0.3, 0.4) is 0 Å². The van der Waals surface area contributed by atoms with Gasteiger partial charge in [0.2, 0.25) is 5.89 Å². The van der Waals surface area contributed by atoms with Gasteiger partial charge in [-0.1, -0.05) is 37.1 Å². The molecular formula is C26H29NO5. The van der Waals surface area contributed by atoms with Crippen LogP contribution in [0.1, 0.15) is 43.4 Å². The lowest BCUT2D eigenvalue weighted by Crippen LogP contribution is -2.10. The molecule has 1 fully saturated rings. The number of aliphatic carboxylic acids is 1. The van der Waals surface area contributed by atoms with Gasteiger partial charge in [-0.2, -0.15) is 0 Å². The summed E-state index contributed by atoms with van der Waals surface area (Å²) in [5.41, 5.74) is 2.68. The number of carboxylic acids is 1. The zero-order valence-electron chi connectivity index (χ0n) is 18.2. The summed E-state index contributed by atoms with van der Waals surface area (Å²) in [4.78, 5) is 15.5. The van der Waals surface area contributed by atoms with Gasteiger partial charge in [0.05, 0.1) is 18.9 Å². The molecule has 1 N–H and O–H groups in total. The fraction of sp³-hybridized carbons (Fsp3) is 0.385. The molecule has 2 aromatic carbocycles. The van der Waals surface area contributed by atoms with Crippen LogP contribution in [0.15, 0.2) is 59.2 Å². The molecule has 6 nitrogen and oxygen atoms in total. The van der Waals surface area contributed by atoms with Crippen LogP contribution >= 0.6 is 0 Å². The summed E-state index contributed by atoms with van der Waals surface area (Å²) in [6, 6.07) is 15.5. The largest absolute Gasteiger partial charge is 0.493 e. The molecule has 6 heteroatoms. The van der Waals surface area contributed by atoms with E-state index in [1.54, 1.807) is 6.26 Å². The monoisotopic (exact) mass is 435 g/mol. The van der Waals surface area contributed by atoms with Crippen molar-refractivity contribution in [3.8, 4) is 23.0 Å². The molecule has 168 valence electrons. The minimum absolute atomic E-state index is 0.0793. The Bertz CT molecular complexity index is 1010. The van der Waals surface area contributed by atoms with Gasteiger partial charge < -0.3 is 19.0 Å². The van der Waals surface area contributed by atoms with Crippen molar-refractivity contribution < 1.29 is 23.8 Å². The number of benzene rings is 2. The topological polar surface area (TPSA) is 81.8 Å². The van der Waals surface area contributed by atoms with Gasteiger partial charge in [-0.15, -0.1) is 0 Å². The van der Waals surface area contributed by atoms with Crippen LogP contribution in [0.5, 0.6) is 11.5 Å². The molecular weight excluding hydrogens is 406 g/mol. The molecule has 0 amide bonds. The van der Waals surface area contributed by atoms with E-state index in [9.17, 15) is 4.79 Å². The first-order chi connectivity index (χ1) is 15.7. The standard InChI is InChI=1S/C26H29NO5/c28-25(29)13-11-20-10-12-23(16-24(20)31-17-19-6-4-5-7-19)30-15-14-22-18-32-26(27-22)21-8-2-1-3-9-21/h1-3,8-10,12,16,18-19H,4-7,11,13-15,17H2,(H,28,29). The van der Waals surface area contributed by atoms with E-state index >= 15 is 0 Å². The van der Waals surface area contributed by atoms with Crippen molar-refractivity contribution in [2.45, 2.75) is 44.9 Å². The molecule has 0 radical (unpaired) electrons. The first kappa shape index (κ1) is 21.9. The van der Waals surface area contributed by atoms with Crippen molar-refractivity contribution >= 4 is 5.97 Å². The van der Waals surface area contributed by atoms with Gasteiger partial charge in [0, 0.05) is 24.5 Å². The maximum Gasteiger partial charge on any atom is 0.303 e. The van der Waals surface area contributed by atoms with Crippen molar-refractivity contribution in [1.29, 1.82) is 0 Å². The summed E-state index contributed by atoms with van der Waals surface area (Å²) in [6.07, 6.45) is 7.72. The van der Waals surface area contributed by atoms with Crippen LogP contribution in [0.25, 0.3) is 11.5 Å². The Kier molecular flexibility index (Phi) is 7.43. The van der Waals surface area contributed by atoms with Gasteiger partial charge in [-0.05, 0) is 48.9 Å². The van der Waals surface area contributed by atoms with Gasteiger partial charge in [0.15, 0.2) is 0 Å². The van der Waals surface area contributed by atoms with Crippen LogP contribution in [0.2, 0.25) is 0 Å². The van der Waals surface area contributed by atoms with Crippen molar-refractivity contribution in [1.82, 2.24) is 4.98 Å². The predicted octanol–water partition coefficient (Wildman–Crippen LogP) is 5.55. The molecule has 3 aromatic rings. The Morgan fingerprint density at radius 3 is 2.66 bits per heavy atom. The van der Waals surface area contributed by atoms with Crippen LogP contribution in [0, 0.1) is 5.92 Å². The minimum Gasteiger partial charge on any atom is -0.493 e. The third-order valence-electron chi connectivity index (χ3n) is 5.80. The smallest absolute Gasteiger partial charge is 0.303 e. The summed E-state index contributed by atoms with van der Waals surface area (Å²) in [6.45, 7) is 1.13. The quantitative estimate of drug-likeness (QED) is 0.425. The summed E-state index contributed by atoms with van der Waals surface area (Å²) in [5, 5.41) is 9.04. The van der Waals surface area contributed by atoms with Crippen LogP contribution in [-0.4, -0.2) is 29.3 Å². The minimum atomic E-state index is -0.811. The normalized spacial score (nSPS) is 13.9. The molecule has 1 saturated carbocycles. The fourth-order valence-corrected chi connectivity index (χ4v) is 4.00. The molecule has 1 aliphatic carbocycles. The highest BCUT2D eigenvalue weighted by atomic mass is 16.5. The van der Waals surface area contributed by atoms with Crippen LogP contribution < -0.4 is 9.47 Å². The number of rotatable bonds is 11. The average molecular weight is 436 g/mol. The fourth-order valence-electron chi connectivity index (χ4n) is 4.00. The van der Waals surface area contributed by atoms with Crippen LogP contribution in [-0.2, 0) is 17.6 Å². The van der Waals surface area contributed by atoms with E-state index in [-0.39, 0.29) is 6.42 Å². The van der Waals surface area contributed by atoms with Crippen molar-refractivity contribution in [2.24, 2.45) is 5.92 Å². The third kappa shape index (κ3) is 6.13. The molecule has 0 aliphatic heterocycles. The number of aryl methyl sites for hydroxylation is 1. The summed E-state index contributed by atoms with van der Waals surface area (Å²) in [5.74, 6) is 1.80. The second kappa shape index (κ2) is 10.8. The average Bonchev–Trinajstić information content (AvgIpc) is 3.50. The molecule has 1 aromatic heterocycles. The maximum atomic E-state index is 11.0. The Morgan fingerprint density at radius 2 is 1.88 bits per heavy atom. The van der Waals surface area contributed by atoms with Crippen molar-refractivity contribution in [3.05, 3.63) is 66.1 Å². The molecule has 0 spiro atoms. The number of nitrogens with zero attached hydrogens (tertiary/aromatic N) is 1. The summed E-state index contributed by atoms with van der Waals surface area (Å²) >= 11 is 0. The number of aromatic nitrogens is 1. The van der Waals surface area contributed by atoms with Gasteiger partial charge in [-0.25, -0.2) is 4.98 Å². The van der Waals surface area contributed by atoms with Gasteiger partial charge in [0.1, 0.15) is 17.8 Å². The zero-order valence-corrected chi connectivity index (χ0v) is 18.2. The highest BCUT2D eigenvalue weighted by Gasteiger charge is 2.17. The lowest BCUT2D eigenvalue weighted by Gasteiger charge is -2.16. The molecule has 0 saturated heterocycles. The van der Waals surface area contributed by atoms with Gasteiger partial charge in [0.25, 0.3) is 0 Å². The molecule has 4 rings (SSSR count). The first-order valence-electron chi connectivity index (χ1n) is 11.3. The Hall–Kier alpha value is -3.28. The van der Waals surface area contributed by atoms with E-state index in [1.165, 1.54) is 25.7 Å². The zero-order chi connectivity index (χ0) is 22.2. The summed E-state index contributed by atoms with van der Waals surface area (Å²) < 4.78 is 17.6. The Balaban J connectivity index is 1.35. The number of oxazole rings is 1. The lowest BCUT2D eigenvalue weighted by molar-refractivity contribution is -0.136. The molecule has 0 unspecified atom stereocenters. The highest BCUT2D eigenvalue weighted by Crippen LogP contribution is 2.30. The van der Waals surface area contributed by atoms with Gasteiger partial charge in [-0.3, -0.25) is 4.79 Å². The Labute approximate surface area is 188 Å². The van der Waals surface area contributed by atoms with E-state index in [0.29, 0.717) is 43.6 Å². The lowest BCUT2D eigenvalue weighted by atomic mass is 10.1. The molecule has 32 heavy (non-hydrogen) atoms. The van der Waals surface area contributed by atoms with E-state index < -0.39 is 5.97 Å². The van der Waals surface area contributed by atoms with E-state index in [4.69, 9.17) is 19.0 Å². The predicted molar refractivity (Wildman–Crippen MR) is 121 cm³/mol. The third-order valence-corrected chi connectivity index (χ3v) is 5.80. The maximum absolute atomic E-state index is 11.0. The molecule has 1 heterocycles. The SMILES string of the molecule is O=C(O)CCc1ccc(OCCc2coc(-c3ccccc3)n2)cc1OCC1CCCC1. The second-order valence-corrected chi connectivity index (χ2v) is 8.23. The highest BCUT2D eigenvalue weighted by molar-refractivity contribution is 5.67. The first-order valence-corrected chi connectivity index (χ1v) is 11.3. The summed E-state index contributed by atoms with van der Waals surface area (Å²) in [7, 11) is 0. The number of carbonyl (C=O) groups is 1. The molecule has 0 bridgehead atoms. The van der Waals surface area contributed by atoms with E-state index in [2.05, 4.69) is 4.98 Å². The Morgan fingerprint density at radius 1 is 1.06 bits per heavy atom. The number of hydrogen-bond donors (Lipinski definition) is 1. The molecule has 0 atom stereocenters. The van der Waals surface area contributed by atoms with Crippen molar-refractivity contribution in [2.75, 3.05) is 13.2 Å². The molecule has 1 aliphatic rings. The number of hydrogen-bond acceptors (Lipinski definition) is 5. The van der Waals surface area contributed by atoms with Crippen molar-refractivity contribution in [3.63, 3.8) is 0 Å².